The summed E-state index contributed by atoms with van der Waals surface area (Å²) in [6, 6.07) is 4.61. The van der Waals surface area contributed by atoms with Crippen molar-refractivity contribution in [2.75, 3.05) is 26.8 Å². The molecule has 2 aliphatic rings. The highest BCUT2D eigenvalue weighted by Crippen LogP contribution is 2.29. The fourth-order valence-electron chi connectivity index (χ4n) is 5.33. The molecule has 2 amide bonds. The van der Waals surface area contributed by atoms with Crippen LogP contribution in [-0.2, 0) is 29.1 Å². The SMILES string of the molecule is COc1ccc2cc1OCCn1cc(nn1)CO[C@H]1CN(C(=O)CCc3c(C)nc4ncnn4c3C)C[C@@H]1NC2=O. The van der Waals surface area contributed by atoms with Gasteiger partial charge in [-0.25, -0.2) is 14.2 Å². The maximum Gasteiger partial charge on any atom is 0.252 e. The number of hydrogen-bond acceptors (Lipinski definition) is 10. The summed E-state index contributed by atoms with van der Waals surface area (Å²) >= 11 is 0. The van der Waals surface area contributed by atoms with E-state index in [1.165, 1.54) is 6.33 Å². The topological polar surface area (TPSA) is 151 Å². The van der Waals surface area contributed by atoms with E-state index in [-0.39, 0.29) is 24.8 Å². The van der Waals surface area contributed by atoms with Crippen LogP contribution in [-0.4, -0.2) is 90.2 Å². The third kappa shape index (κ3) is 5.42. The van der Waals surface area contributed by atoms with E-state index < -0.39 is 12.1 Å². The first kappa shape index (κ1) is 26.6. The molecular weight excluding hydrogens is 530 g/mol. The van der Waals surface area contributed by atoms with Crippen LogP contribution in [0.2, 0.25) is 0 Å². The smallest absolute Gasteiger partial charge is 0.252 e. The Morgan fingerprint density at radius 1 is 1.24 bits per heavy atom. The van der Waals surface area contributed by atoms with Gasteiger partial charge in [0.2, 0.25) is 5.91 Å². The summed E-state index contributed by atoms with van der Waals surface area (Å²) in [5, 5.41) is 15.6. The number of benzene rings is 1. The van der Waals surface area contributed by atoms with Gasteiger partial charge in [-0.2, -0.15) is 10.1 Å². The molecule has 14 heteroatoms. The van der Waals surface area contributed by atoms with Crippen LogP contribution in [0.15, 0.2) is 30.7 Å². The molecule has 2 atom stereocenters. The molecule has 6 rings (SSSR count). The largest absolute Gasteiger partial charge is 0.493 e. The number of amides is 2. The van der Waals surface area contributed by atoms with Crippen molar-refractivity contribution in [1.82, 2.24) is 44.8 Å². The van der Waals surface area contributed by atoms with Crippen molar-refractivity contribution in [1.29, 1.82) is 0 Å². The number of likely N-dealkylation sites (tertiary alicyclic amines) is 1. The number of rotatable bonds is 4. The molecule has 5 heterocycles. The minimum atomic E-state index is -0.427. The van der Waals surface area contributed by atoms with Crippen molar-refractivity contribution >= 4 is 17.6 Å². The molecule has 0 saturated carbocycles. The molecular formula is C27H31N9O5. The number of nitrogens with one attached hydrogen (secondary N) is 1. The van der Waals surface area contributed by atoms with Crippen LogP contribution >= 0.6 is 0 Å². The molecule has 0 unspecified atom stereocenters. The second kappa shape index (κ2) is 11.1. The highest BCUT2D eigenvalue weighted by Gasteiger charge is 2.37. The second-order valence-corrected chi connectivity index (χ2v) is 10.1. The predicted octanol–water partition coefficient (Wildman–Crippen LogP) is 0.892. The molecule has 3 aromatic heterocycles. The third-order valence-corrected chi connectivity index (χ3v) is 7.55. The molecule has 2 aliphatic heterocycles. The fourth-order valence-corrected chi connectivity index (χ4v) is 5.33. The molecule has 1 saturated heterocycles. The molecule has 1 fully saturated rings. The standard InChI is InChI=1S/C27H31N9O5/c1-16-20(17(2)36-27(30-16)28-15-29-36)5-7-25(37)34-12-21-24(13-34)41-14-19-11-35(33-32-19)8-9-40-23-10-18(26(38)31-21)4-6-22(23)39-3/h4,6,10-11,15,21,24H,5,7-9,12-14H2,1-3H3,(H,31,38)/t21-,24-/m0/s1. The van der Waals surface area contributed by atoms with Gasteiger partial charge in [-0.3, -0.25) is 9.59 Å². The lowest BCUT2D eigenvalue weighted by molar-refractivity contribution is -0.130. The number of ether oxygens (including phenoxy) is 3. The van der Waals surface area contributed by atoms with E-state index in [0.29, 0.717) is 61.2 Å². The maximum absolute atomic E-state index is 13.4. The third-order valence-electron chi connectivity index (χ3n) is 7.55. The number of methoxy groups -OCH3 is 1. The maximum atomic E-state index is 13.4. The summed E-state index contributed by atoms with van der Waals surface area (Å²) in [6.45, 7) is 5.49. The Labute approximate surface area is 235 Å². The number of carbonyl (C=O) groups is 2. The number of hydrogen-bond donors (Lipinski definition) is 1. The lowest BCUT2D eigenvalue weighted by atomic mass is 10.1. The molecule has 0 radical (unpaired) electrons. The van der Waals surface area contributed by atoms with Gasteiger partial charge in [0.25, 0.3) is 11.7 Å². The Morgan fingerprint density at radius 2 is 2.12 bits per heavy atom. The van der Waals surface area contributed by atoms with Crippen LogP contribution in [0.3, 0.4) is 0 Å². The minimum absolute atomic E-state index is 0.0340. The van der Waals surface area contributed by atoms with Gasteiger partial charge < -0.3 is 24.4 Å². The monoisotopic (exact) mass is 561 g/mol. The average molecular weight is 562 g/mol. The van der Waals surface area contributed by atoms with Crippen molar-refractivity contribution in [3.63, 3.8) is 0 Å². The summed E-state index contributed by atoms with van der Waals surface area (Å²) in [5.41, 5.74) is 3.77. The first-order chi connectivity index (χ1) is 19.9. The van der Waals surface area contributed by atoms with E-state index in [2.05, 4.69) is 30.7 Å². The van der Waals surface area contributed by atoms with Gasteiger partial charge in [0.15, 0.2) is 11.5 Å². The number of carbonyl (C=O) groups excluding carboxylic acids is 2. The Morgan fingerprint density at radius 3 is 2.98 bits per heavy atom. The molecule has 41 heavy (non-hydrogen) atoms. The zero-order valence-corrected chi connectivity index (χ0v) is 23.1. The fraction of sp³-hybridized carbons (Fsp3) is 0.444. The summed E-state index contributed by atoms with van der Waals surface area (Å²) in [7, 11) is 1.55. The first-order valence-corrected chi connectivity index (χ1v) is 13.5. The molecule has 1 aromatic carbocycles. The molecule has 4 bridgehead atoms. The molecule has 0 aliphatic carbocycles. The van der Waals surface area contributed by atoms with E-state index in [1.807, 2.05) is 13.8 Å². The van der Waals surface area contributed by atoms with Crippen molar-refractivity contribution in [2.45, 2.75) is 52.0 Å². The zero-order valence-electron chi connectivity index (χ0n) is 23.1. The molecule has 0 spiro atoms. The minimum Gasteiger partial charge on any atom is -0.493 e. The van der Waals surface area contributed by atoms with Gasteiger partial charge in [0.05, 0.1) is 38.6 Å². The van der Waals surface area contributed by atoms with Crippen molar-refractivity contribution < 1.29 is 23.8 Å². The molecule has 4 aromatic rings. The molecule has 14 nitrogen and oxygen atoms in total. The van der Waals surface area contributed by atoms with Crippen LogP contribution in [0.1, 0.15) is 39.4 Å². The zero-order chi connectivity index (χ0) is 28.5. The van der Waals surface area contributed by atoms with Gasteiger partial charge in [-0.1, -0.05) is 5.21 Å². The van der Waals surface area contributed by atoms with Crippen LogP contribution < -0.4 is 14.8 Å². The van der Waals surface area contributed by atoms with Crippen molar-refractivity contribution in [2.24, 2.45) is 0 Å². The van der Waals surface area contributed by atoms with Crippen LogP contribution in [0, 0.1) is 13.8 Å². The van der Waals surface area contributed by atoms with E-state index >= 15 is 0 Å². The summed E-state index contributed by atoms with van der Waals surface area (Å²) in [4.78, 5) is 37.1. The molecule has 1 N–H and O–H groups in total. The Bertz CT molecular complexity index is 1600. The van der Waals surface area contributed by atoms with E-state index in [9.17, 15) is 9.59 Å². The van der Waals surface area contributed by atoms with Crippen molar-refractivity contribution in [3.05, 3.63) is 58.9 Å². The van der Waals surface area contributed by atoms with E-state index in [4.69, 9.17) is 14.2 Å². The number of nitrogens with zero attached hydrogens (tertiary/aromatic N) is 8. The number of fused-ring (bicyclic) bond motifs is 6. The Balaban J connectivity index is 1.20. The molecule has 214 valence electrons. The van der Waals surface area contributed by atoms with E-state index in [0.717, 1.165) is 17.0 Å². The van der Waals surface area contributed by atoms with Gasteiger partial charge in [-0.15, -0.1) is 5.10 Å². The quantitative estimate of drug-likeness (QED) is 0.380. The highest BCUT2D eigenvalue weighted by atomic mass is 16.5. The van der Waals surface area contributed by atoms with E-state index in [1.54, 1.807) is 45.6 Å². The lowest BCUT2D eigenvalue weighted by Gasteiger charge is -2.20. The van der Waals surface area contributed by atoms with Crippen LogP contribution in [0.4, 0.5) is 0 Å². The lowest BCUT2D eigenvalue weighted by Crippen LogP contribution is -2.44. The Kier molecular flexibility index (Phi) is 7.22. The highest BCUT2D eigenvalue weighted by molar-refractivity contribution is 5.95. The predicted molar refractivity (Wildman–Crippen MR) is 143 cm³/mol. The number of aromatic nitrogens is 7. The van der Waals surface area contributed by atoms with Gasteiger partial charge >= 0.3 is 0 Å². The average Bonchev–Trinajstić information content (AvgIpc) is 3.71. The Hall–Kier alpha value is -4.59. The number of aryl methyl sites for hydroxylation is 2. The van der Waals surface area contributed by atoms with Crippen LogP contribution in [0.5, 0.6) is 11.5 Å². The summed E-state index contributed by atoms with van der Waals surface area (Å²) in [5.74, 6) is 1.19. The summed E-state index contributed by atoms with van der Waals surface area (Å²) in [6.07, 6.45) is 3.63. The first-order valence-electron chi connectivity index (χ1n) is 13.5. The second-order valence-electron chi connectivity index (χ2n) is 10.1. The van der Waals surface area contributed by atoms with Crippen molar-refractivity contribution in [3.8, 4) is 11.5 Å². The van der Waals surface area contributed by atoms with Crippen LogP contribution in [0.25, 0.3) is 5.78 Å². The van der Waals surface area contributed by atoms with Gasteiger partial charge in [0, 0.05) is 36.5 Å². The van der Waals surface area contributed by atoms with Gasteiger partial charge in [0.1, 0.15) is 18.6 Å². The van der Waals surface area contributed by atoms with Gasteiger partial charge in [-0.05, 0) is 44.0 Å². The normalized spacial score (nSPS) is 19.2. The summed E-state index contributed by atoms with van der Waals surface area (Å²) < 4.78 is 20.9.